The summed E-state index contributed by atoms with van der Waals surface area (Å²) < 4.78 is 13.6. The fourth-order valence-corrected chi connectivity index (χ4v) is 8.81. The van der Waals surface area contributed by atoms with Crippen LogP contribution in [0.4, 0.5) is 11.4 Å². The number of hydrogen-bond donors (Lipinski definition) is 0. The van der Waals surface area contributed by atoms with E-state index in [1.165, 1.54) is 61.2 Å². The van der Waals surface area contributed by atoms with Crippen LogP contribution in [-0.4, -0.2) is 0 Å². The molecule has 0 aromatic heterocycles. The maximum atomic E-state index is 6.84. The predicted octanol–water partition coefficient (Wildman–Crippen LogP) is 13.1. The number of hydrogen-bond acceptors (Lipinski definition) is 3. The molecule has 3 heteroatoms. The van der Waals surface area contributed by atoms with Crippen molar-refractivity contribution < 1.29 is 9.47 Å². The molecular formula is C49H37NO2. The molecule has 0 fully saturated rings. The Labute approximate surface area is 305 Å². The Bertz CT molecular complexity index is 2550. The van der Waals surface area contributed by atoms with E-state index in [1.54, 1.807) is 0 Å². The zero-order chi connectivity index (χ0) is 35.0. The number of ether oxygens (including phenoxy) is 2. The molecule has 0 amide bonds. The van der Waals surface area contributed by atoms with Gasteiger partial charge < -0.3 is 14.4 Å². The SMILES string of the molecule is CCc1cccc(N(/C(C)=C(/C)c2ccccc2)c2ccc3c(c2)Oc2cc4c(cc2O3)C2(c3ccccc3-c3ccccc32)c2ccccc2-4)c1. The summed E-state index contributed by atoms with van der Waals surface area (Å²) in [6.07, 6.45) is 0.964. The maximum Gasteiger partial charge on any atom is 0.172 e. The number of rotatable bonds is 5. The summed E-state index contributed by atoms with van der Waals surface area (Å²) in [6, 6.07) is 56.7. The summed E-state index contributed by atoms with van der Waals surface area (Å²) >= 11 is 0. The van der Waals surface area contributed by atoms with Gasteiger partial charge in [-0.2, -0.15) is 0 Å². The van der Waals surface area contributed by atoms with E-state index in [2.05, 4.69) is 177 Å². The second-order valence-electron chi connectivity index (χ2n) is 14.0. The quantitative estimate of drug-likeness (QED) is 0.182. The minimum atomic E-state index is -0.435. The Morgan fingerprint density at radius 2 is 1.04 bits per heavy atom. The lowest BCUT2D eigenvalue weighted by Crippen LogP contribution is -2.25. The van der Waals surface area contributed by atoms with Crippen LogP contribution in [0.25, 0.3) is 27.8 Å². The van der Waals surface area contributed by atoms with E-state index in [1.807, 2.05) is 6.07 Å². The second kappa shape index (κ2) is 11.6. The molecule has 3 nitrogen and oxygen atoms in total. The first-order valence-electron chi connectivity index (χ1n) is 18.2. The summed E-state index contributed by atoms with van der Waals surface area (Å²) in [5.74, 6) is 2.86. The molecule has 52 heavy (non-hydrogen) atoms. The molecular weight excluding hydrogens is 635 g/mol. The van der Waals surface area contributed by atoms with Crippen LogP contribution < -0.4 is 14.4 Å². The Hall–Kier alpha value is -6.32. The number of nitrogens with zero attached hydrogens (tertiary/aromatic N) is 1. The molecule has 0 N–H and O–H groups in total. The van der Waals surface area contributed by atoms with Crippen molar-refractivity contribution in [3.05, 3.63) is 197 Å². The molecule has 0 atom stereocenters. The van der Waals surface area contributed by atoms with Gasteiger partial charge in [0.05, 0.1) is 5.41 Å². The average molecular weight is 672 g/mol. The monoisotopic (exact) mass is 671 g/mol. The number of aryl methyl sites for hydroxylation is 1. The van der Waals surface area contributed by atoms with E-state index in [0.717, 1.165) is 35.0 Å². The summed E-state index contributed by atoms with van der Waals surface area (Å²) in [4.78, 5) is 2.33. The zero-order valence-electron chi connectivity index (χ0n) is 29.5. The van der Waals surface area contributed by atoms with Gasteiger partial charge in [-0.05, 0) is 118 Å². The zero-order valence-corrected chi connectivity index (χ0v) is 29.5. The fourth-order valence-electron chi connectivity index (χ4n) is 8.81. The van der Waals surface area contributed by atoms with Crippen LogP contribution in [0.15, 0.2) is 163 Å². The van der Waals surface area contributed by atoms with Gasteiger partial charge in [0, 0.05) is 23.1 Å². The van der Waals surface area contributed by atoms with E-state index < -0.39 is 5.41 Å². The van der Waals surface area contributed by atoms with Gasteiger partial charge in [0.15, 0.2) is 23.0 Å². The second-order valence-corrected chi connectivity index (χ2v) is 14.0. The Kier molecular flexibility index (Phi) is 6.81. The lowest BCUT2D eigenvalue weighted by atomic mass is 9.70. The molecule has 0 saturated carbocycles. The highest BCUT2D eigenvalue weighted by Gasteiger charge is 2.52. The van der Waals surface area contributed by atoms with E-state index >= 15 is 0 Å². The van der Waals surface area contributed by atoms with Gasteiger partial charge in [0.1, 0.15) is 0 Å². The summed E-state index contributed by atoms with van der Waals surface area (Å²) in [6.45, 7) is 6.59. The first kappa shape index (κ1) is 30.5. The Morgan fingerprint density at radius 1 is 0.481 bits per heavy atom. The largest absolute Gasteiger partial charge is 0.449 e. The third-order valence-electron chi connectivity index (χ3n) is 11.3. The maximum absolute atomic E-state index is 6.84. The fraction of sp³-hybridized carbons (Fsp3) is 0.102. The lowest BCUT2D eigenvalue weighted by Gasteiger charge is -2.32. The molecule has 7 aromatic carbocycles. The van der Waals surface area contributed by atoms with Crippen molar-refractivity contribution in [2.24, 2.45) is 0 Å². The lowest BCUT2D eigenvalue weighted by molar-refractivity contribution is 0.359. The third kappa shape index (κ3) is 4.32. The minimum Gasteiger partial charge on any atom is -0.449 e. The molecule has 10 rings (SSSR count). The van der Waals surface area contributed by atoms with Crippen molar-refractivity contribution in [3.8, 4) is 45.3 Å². The van der Waals surface area contributed by atoms with Crippen LogP contribution in [0.5, 0.6) is 23.0 Å². The van der Waals surface area contributed by atoms with E-state index in [-0.39, 0.29) is 0 Å². The molecule has 2 aliphatic carbocycles. The summed E-state index contributed by atoms with van der Waals surface area (Å²) in [5, 5.41) is 0. The smallest absolute Gasteiger partial charge is 0.172 e. The van der Waals surface area contributed by atoms with Gasteiger partial charge in [-0.3, -0.25) is 0 Å². The van der Waals surface area contributed by atoms with Crippen LogP contribution in [0.1, 0.15) is 54.2 Å². The van der Waals surface area contributed by atoms with Gasteiger partial charge in [0.2, 0.25) is 0 Å². The van der Waals surface area contributed by atoms with Gasteiger partial charge in [-0.15, -0.1) is 0 Å². The van der Waals surface area contributed by atoms with Crippen molar-refractivity contribution >= 4 is 16.9 Å². The highest BCUT2D eigenvalue weighted by atomic mass is 16.6. The third-order valence-corrected chi connectivity index (χ3v) is 11.3. The Balaban J connectivity index is 1.11. The highest BCUT2D eigenvalue weighted by Crippen LogP contribution is 2.64. The molecule has 1 heterocycles. The molecule has 0 bridgehead atoms. The van der Waals surface area contributed by atoms with Crippen molar-refractivity contribution in [1.29, 1.82) is 0 Å². The molecule has 0 unspecified atom stereocenters. The van der Waals surface area contributed by atoms with Crippen LogP contribution in [0.2, 0.25) is 0 Å². The van der Waals surface area contributed by atoms with E-state index in [0.29, 0.717) is 11.5 Å². The number of allylic oxidation sites excluding steroid dienone is 2. The molecule has 7 aromatic rings. The molecule has 3 aliphatic rings. The normalized spacial score (nSPS) is 14.1. The van der Waals surface area contributed by atoms with E-state index in [4.69, 9.17) is 9.47 Å². The van der Waals surface area contributed by atoms with Gasteiger partial charge in [-0.1, -0.05) is 122 Å². The number of benzene rings is 7. The van der Waals surface area contributed by atoms with Crippen LogP contribution >= 0.6 is 0 Å². The molecule has 250 valence electrons. The summed E-state index contributed by atoms with van der Waals surface area (Å²) in [5.41, 5.74) is 16.7. The minimum absolute atomic E-state index is 0.435. The predicted molar refractivity (Wildman–Crippen MR) is 212 cm³/mol. The standard InChI is InChI=1S/C49H37NO2/c1-4-33-15-14-18-35(27-33)50(32(3)31(2)34-16-6-5-7-17-34)36-25-26-45-46(28-36)52-47-29-40-39-21-10-13-24-43(39)49(44(40)30-48(47)51-45)41-22-11-8-19-37(41)38-20-9-12-23-42(38)49/h5-30H,4H2,1-3H3/b32-31-. The van der Waals surface area contributed by atoms with Gasteiger partial charge in [0.25, 0.3) is 0 Å². The van der Waals surface area contributed by atoms with Crippen LogP contribution in [-0.2, 0) is 11.8 Å². The van der Waals surface area contributed by atoms with Crippen LogP contribution in [0.3, 0.4) is 0 Å². The molecule has 1 spiro atoms. The molecule has 1 aliphatic heterocycles. The van der Waals surface area contributed by atoms with Crippen molar-refractivity contribution in [2.75, 3.05) is 4.90 Å². The van der Waals surface area contributed by atoms with Crippen LogP contribution in [0, 0.1) is 0 Å². The molecule has 0 saturated heterocycles. The van der Waals surface area contributed by atoms with Gasteiger partial charge >= 0.3 is 0 Å². The summed E-state index contributed by atoms with van der Waals surface area (Å²) in [7, 11) is 0. The van der Waals surface area contributed by atoms with Crippen molar-refractivity contribution in [3.63, 3.8) is 0 Å². The first-order chi connectivity index (χ1) is 25.6. The van der Waals surface area contributed by atoms with Crippen molar-refractivity contribution in [2.45, 2.75) is 32.6 Å². The number of fused-ring (bicyclic) bond motifs is 12. The highest BCUT2D eigenvalue weighted by molar-refractivity contribution is 5.96. The first-order valence-corrected chi connectivity index (χ1v) is 18.2. The Morgan fingerprint density at radius 3 is 1.71 bits per heavy atom. The number of anilines is 2. The average Bonchev–Trinajstić information content (AvgIpc) is 3.66. The molecule has 0 radical (unpaired) electrons. The van der Waals surface area contributed by atoms with E-state index in [9.17, 15) is 0 Å². The topological polar surface area (TPSA) is 21.7 Å². The van der Waals surface area contributed by atoms with Gasteiger partial charge in [-0.25, -0.2) is 0 Å². The van der Waals surface area contributed by atoms with Crippen molar-refractivity contribution in [1.82, 2.24) is 0 Å².